The number of nitrogens with one attached hydrogen (secondary N) is 1. The molecule has 5 rings (SSSR count). The summed E-state index contributed by atoms with van der Waals surface area (Å²) >= 11 is 1.59. The molecule has 0 spiro atoms. The summed E-state index contributed by atoms with van der Waals surface area (Å²) in [6.45, 7) is 13.1. The first kappa shape index (κ1) is 21.2. The Labute approximate surface area is 192 Å². The summed E-state index contributed by atoms with van der Waals surface area (Å²) in [6.07, 6.45) is 5.81. The Hall–Kier alpha value is -2.65. The molecule has 0 unspecified atom stereocenters. The van der Waals surface area contributed by atoms with Crippen molar-refractivity contribution >= 4 is 32.6 Å². The van der Waals surface area contributed by atoms with E-state index in [0.29, 0.717) is 11.7 Å². The quantitative estimate of drug-likeness (QED) is 0.502. The van der Waals surface area contributed by atoms with E-state index in [-0.39, 0.29) is 11.1 Å². The predicted molar refractivity (Wildman–Crippen MR) is 129 cm³/mol. The smallest absolute Gasteiger partial charge is 0.191 e. The van der Waals surface area contributed by atoms with Crippen molar-refractivity contribution in [2.45, 2.75) is 71.5 Å². The average Bonchev–Trinajstić information content (AvgIpc) is 3.27. The molecule has 0 bridgehead atoms. The minimum absolute atomic E-state index is 0.0783. The number of piperidine rings is 1. The standard InChI is InChI=1S/C23H30N8S/c1-13-8-16(28-31-12-14(2)25-19(13)31)17-11-24-18-20(26-17)32-21(27-18)30(7)15-9-22(3,4)29-23(5,6)10-15/h8,11-12,15,29H,9-10H2,1-7H3. The van der Waals surface area contributed by atoms with Crippen molar-refractivity contribution in [1.29, 1.82) is 0 Å². The minimum atomic E-state index is 0.0783. The van der Waals surface area contributed by atoms with Gasteiger partial charge in [0.15, 0.2) is 21.3 Å². The lowest BCUT2D eigenvalue weighted by Crippen LogP contribution is -2.61. The summed E-state index contributed by atoms with van der Waals surface area (Å²) in [5.41, 5.74) is 5.25. The third-order valence-corrected chi connectivity index (χ3v) is 7.15. The van der Waals surface area contributed by atoms with Crippen molar-refractivity contribution in [3.63, 3.8) is 0 Å². The van der Waals surface area contributed by atoms with Crippen molar-refractivity contribution in [1.82, 2.24) is 34.9 Å². The molecular weight excluding hydrogens is 420 g/mol. The topological polar surface area (TPSA) is 84.1 Å². The molecule has 0 amide bonds. The molecule has 32 heavy (non-hydrogen) atoms. The second kappa shape index (κ2) is 7.18. The van der Waals surface area contributed by atoms with Crippen LogP contribution in [0.25, 0.3) is 27.5 Å². The SMILES string of the molecule is Cc1cn2nc(-c3cnc4nc(N(C)C5CC(C)(C)NC(C)(C)C5)sc4n3)cc(C)c2n1. The molecule has 4 aromatic heterocycles. The number of aryl methyl sites for hydroxylation is 2. The van der Waals surface area contributed by atoms with E-state index >= 15 is 0 Å². The first-order valence-electron chi connectivity index (χ1n) is 11.0. The zero-order valence-corrected chi connectivity index (χ0v) is 20.6. The molecule has 0 saturated carbocycles. The molecule has 8 nitrogen and oxygen atoms in total. The number of nitrogens with zero attached hydrogens (tertiary/aromatic N) is 7. The van der Waals surface area contributed by atoms with Gasteiger partial charge in [-0.2, -0.15) is 10.1 Å². The Kier molecular flexibility index (Phi) is 4.76. The van der Waals surface area contributed by atoms with Gasteiger partial charge >= 0.3 is 0 Å². The summed E-state index contributed by atoms with van der Waals surface area (Å²) in [5.74, 6) is 0. The molecule has 1 aliphatic heterocycles. The van der Waals surface area contributed by atoms with Crippen LogP contribution >= 0.6 is 11.3 Å². The van der Waals surface area contributed by atoms with Gasteiger partial charge in [-0.25, -0.2) is 19.5 Å². The Morgan fingerprint density at radius 1 is 1.06 bits per heavy atom. The fourth-order valence-corrected chi connectivity index (χ4v) is 5.99. The summed E-state index contributed by atoms with van der Waals surface area (Å²) in [6, 6.07) is 2.42. The van der Waals surface area contributed by atoms with Crippen LogP contribution in [0.1, 0.15) is 51.8 Å². The number of aromatic nitrogens is 6. The van der Waals surface area contributed by atoms with E-state index < -0.39 is 0 Å². The van der Waals surface area contributed by atoms with Gasteiger partial charge in [0, 0.05) is 24.2 Å². The molecule has 1 saturated heterocycles. The first-order valence-corrected chi connectivity index (χ1v) is 11.8. The molecule has 0 aromatic carbocycles. The molecule has 0 aliphatic carbocycles. The number of imidazole rings is 1. The molecule has 0 radical (unpaired) electrons. The maximum Gasteiger partial charge on any atom is 0.191 e. The second-order valence-corrected chi connectivity index (χ2v) is 11.3. The van der Waals surface area contributed by atoms with Crippen LogP contribution < -0.4 is 10.2 Å². The third-order valence-electron chi connectivity index (χ3n) is 6.12. The lowest BCUT2D eigenvalue weighted by Gasteiger charge is -2.48. The minimum Gasteiger partial charge on any atom is -0.348 e. The van der Waals surface area contributed by atoms with Crippen LogP contribution in [0.4, 0.5) is 5.13 Å². The van der Waals surface area contributed by atoms with E-state index in [0.717, 1.165) is 51.1 Å². The molecule has 168 valence electrons. The second-order valence-electron chi connectivity index (χ2n) is 10.3. The highest BCUT2D eigenvalue weighted by Gasteiger charge is 2.39. The monoisotopic (exact) mass is 450 g/mol. The van der Waals surface area contributed by atoms with Crippen molar-refractivity contribution in [2.75, 3.05) is 11.9 Å². The highest BCUT2D eigenvalue weighted by Crippen LogP contribution is 2.35. The van der Waals surface area contributed by atoms with Crippen LogP contribution in [0, 0.1) is 13.8 Å². The maximum absolute atomic E-state index is 4.86. The zero-order valence-electron chi connectivity index (χ0n) is 19.8. The molecule has 1 fully saturated rings. The van der Waals surface area contributed by atoms with E-state index in [2.05, 4.69) is 54.9 Å². The fourth-order valence-electron chi connectivity index (χ4n) is 5.05. The lowest BCUT2D eigenvalue weighted by atomic mass is 9.79. The van der Waals surface area contributed by atoms with Crippen LogP contribution in [0.3, 0.4) is 0 Å². The number of hydrogen-bond donors (Lipinski definition) is 1. The number of fused-ring (bicyclic) bond motifs is 2. The van der Waals surface area contributed by atoms with Gasteiger partial charge in [0.1, 0.15) is 11.4 Å². The fraction of sp³-hybridized carbons (Fsp3) is 0.522. The number of hydrogen-bond acceptors (Lipinski definition) is 8. The van der Waals surface area contributed by atoms with Crippen LogP contribution in [0.15, 0.2) is 18.5 Å². The molecule has 5 heterocycles. The van der Waals surface area contributed by atoms with Gasteiger partial charge in [0.25, 0.3) is 0 Å². The summed E-state index contributed by atoms with van der Waals surface area (Å²) in [4.78, 5) is 21.9. The van der Waals surface area contributed by atoms with Gasteiger partial charge in [-0.15, -0.1) is 0 Å². The Balaban J connectivity index is 1.48. The van der Waals surface area contributed by atoms with Crippen molar-refractivity contribution in [2.24, 2.45) is 0 Å². The van der Waals surface area contributed by atoms with Crippen LogP contribution in [-0.4, -0.2) is 53.7 Å². The van der Waals surface area contributed by atoms with E-state index in [1.165, 1.54) is 0 Å². The largest absolute Gasteiger partial charge is 0.348 e. The number of anilines is 1. The zero-order chi connectivity index (χ0) is 22.8. The Morgan fingerprint density at radius 3 is 2.50 bits per heavy atom. The van der Waals surface area contributed by atoms with Gasteiger partial charge < -0.3 is 10.2 Å². The van der Waals surface area contributed by atoms with E-state index in [4.69, 9.17) is 15.1 Å². The third kappa shape index (κ3) is 3.84. The average molecular weight is 451 g/mol. The van der Waals surface area contributed by atoms with Crippen molar-refractivity contribution in [3.8, 4) is 11.4 Å². The summed E-state index contributed by atoms with van der Waals surface area (Å²) < 4.78 is 1.82. The van der Waals surface area contributed by atoms with Crippen LogP contribution in [-0.2, 0) is 0 Å². The first-order chi connectivity index (χ1) is 15.0. The number of rotatable bonds is 3. The Bertz CT molecular complexity index is 1300. The van der Waals surface area contributed by atoms with E-state index in [1.807, 2.05) is 30.6 Å². The van der Waals surface area contributed by atoms with Gasteiger partial charge in [-0.05, 0) is 66.0 Å². The highest BCUT2D eigenvalue weighted by atomic mass is 32.1. The lowest BCUT2D eigenvalue weighted by molar-refractivity contribution is 0.161. The molecule has 1 aliphatic rings. The van der Waals surface area contributed by atoms with Gasteiger partial charge in [0.2, 0.25) is 0 Å². The van der Waals surface area contributed by atoms with Gasteiger partial charge in [-0.3, -0.25) is 0 Å². The normalized spacial score (nSPS) is 18.5. The van der Waals surface area contributed by atoms with Gasteiger partial charge in [-0.1, -0.05) is 11.3 Å². The van der Waals surface area contributed by atoms with Crippen LogP contribution in [0.5, 0.6) is 0 Å². The summed E-state index contributed by atoms with van der Waals surface area (Å²) in [7, 11) is 2.14. The maximum atomic E-state index is 4.86. The molecule has 4 aromatic rings. The predicted octanol–water partition coefficient (Wildman–Crippen LogP) is 4.16. The molecule has 1 N–H and O–H groups in total. The van der Waals surface area contributed by atoms with E-state index in [9.17, 15) is 0 Å². The van der Waals surface area contributed by atoms with Crippen molar-refractivity contribution < 1.29 is 0 Å². The Morgan fingerprint density at radius 2 is 1.78 bits per heavy atom. The molecule has 9 heteroatoms. The van der Waals surface area contributed by atoms with Crippen molar-refractivity contribution in [3.05, 3.63) is 29.7 Å². The summed E-state index contributed by atoms with van der Waals surface area (Å²) in [5, 5.41) is 9.42. The van der Waals surface area contributed by atoms with E-state index in [1.54, 1.807) is 17.5 Å². The molecule has 0 atom stereocenters. The highest BCUT2D eigenvalue weighted by molar-refractivity contribution is 7.21. The molecular formula is C23H30N8S. The number of thiazole rings is 1. The van der Waals surface area contributed by atoms with Crippen LogP contribution in [0.2, 0.25) is 0 Å². The van der Waals surface area contributed by atoms with Gasteiger partial charge in [0.05, 0.1) is 18.1 Å².